The molecule has 0 aliphatic heterocycles. The fourth-order valence-corrected chi connectivity index (χ4v) is 0.670. The number of nitrogens with two attached hydrogens (primary N) is 1. The van der Waals surface area contributed by atoms with Gasteiger partial charge in [0.1, 0.15) is 0 Å². The summed E-state index contributed by atoms with van der Waals surface area (Å²) in [7, 11) is 0. The van der Waals surface area contributed by atoms with Crippen molar-refractivity contribution in [2.45, 2.75) is 19.1 Å². The summed E-state index contributed by atoms with van der Waals surface area (Å²) in [5, 5.41) is 9.71. The Morgan fingerprint density at radius 2 is 2.00 bits per heavy atom. The fraction of sp³-hybridized carbons (Fsp3) is 0.333. The summed E-state index contributed by atoms with van der Waals surface area (Å²) in [6.07, 6.45) is -1.27. The van der Waals surface area contributed by atoms with Crippen LogP contribution in [0.25, 0.3) is 0 Å². The summed E-state index contributed by atoms with van der Waals surface area (Å²) in [6.45, 7) is 1.51. The molecule has 1 aromatic rings. The van der Waals surface area contributed by atoms with Crippen LogP contribution in [-0.2, 0) is 0 Å². The molecule has 1 rings (SSSR count). The maximum absolute atomic E-state index is 9.71. The molecule has 0 aromatic heterocycles. The van der Waals surface area contributed by atoms with Crippen molar-refractivity contribution in [3.8, 4) is 0 Å². The summed E-state index contributed by atoms with van der Waals surface area (Å²) < 4.78 is 37.3. The highest BCUT2D eigenvalue weighted by Crippen LogP contribution is 2.13. The minimum Gasteiger partial charge on any atom is -0.387 e. The van der Waals surface area contributed by atoms with E-state index in [0.29, 0.717) is 0 Å². The van der Waals surface area contributed by atoms with Crippen molar-refractivity contribution in [2.75, 3.05) is 0 Å². The maximum Gasteiger partial charge on any atom is 0.0938 e. The fourth-order valence-electron chi connectivity index (χ4n) is 0.670. The Morgan fingerprint density at radius 3 is 2.45 bits per heavy atom. The zero-order valence-electron chi connectivity index (χ0n) is 11.2. The summed E-state index contributed by atoms with van der Waals surface area (Å²) in [5.74, 6) is 0. The van der Waals surface area contributed by atoms with Crippen LogP contribution in [0.3, 0.4) is 0 Å². The quantitative estimate of drug-likeness (QED) is 0.672. The molecule has 0 aliphatic carbocycles. The molecule has 11 heavy (non-hydrogen) atoms. The van der Waals surface area contributed by atoms with Crippen LogP contribution in [0.2, 0.25) is 0 Å². The average molecular weight is 156 g/mol. The Kier molecular flexibility index (Phi) is 1.18. The SMILES string of the molecule is [2H]c1c([2H])c([2H])c(C(O)C(C)N)c([2H])c1[2H]. The normalized spacial score (nSPS) is 22.3. The van der Waals surface area contributed by atoms with Gasteiger partial charge >= 0.3 is 0 Å². The van der Waals surface area contributed by atoms with Crippen molar-refractivity contribution in [3.63, 3.8) is 0 Å². The summed E-state index contributed by atoms with van der Waals surface area (Å²) in [6, 6.07) is -2.92. The van der Waals surface area contributed by atoms with E-state index >= 15 is 0 Å². The smallest absolute Gasteiger partial charge is 0.0938 e. The highest BCUT2D eigenvalue weighted by atomic mass is 16.3. The Balaban J connectivity index is 3.51. The number of rotatable bonds is 2. The topological polar surface area (TPSA) is 46.2 Å². The van der Waals surface area contributed by atoms with Gasteiger partial charge in [0.2, 0.25) is 0 Å². The molecule has 0 spiro atoms. The Hall–Kier alpha value is -0.860. The Morgan fingerprint density at radius 1 is 1.45 bits per heavy atom. The first-order chi connectivity index (χ1) is 7.29. The van der Waals surface area contributed by atoms with Gasteiger partial charge in [-0.25, -0.2) is 0 Å². The molecule has 3 N–H and O–H groups in total. The first-order valence-electron chi connectivity index (χ1n) is 5.79. The molecule has 1 aromatic carbocycles. The van der Waals surface area contributed by atoms with Gasteiger partial charge in [0, 0.05) is 6.04 Å². The van der Waals surface area contributed by atoms with Crippen molar-refractivity contribution in [3.05, 3.63) is 35.8 Å². The second kappa shape index (κ2) is 3.51. The van der Waals surface area contributed by atoms with Crippen LogP contribution in [0.1, 0.15) is 25.4 Å². The van der Waals surface area contributed by atoms with E-state index in [9.17, 15) is 5.11 Å². The van der Waals surface area contributed by atoms with Gasteiger partial charge in [-0.1, -0.05) is 30.2 Å². The predicted molar refractivity (Wildman–Crippen MR) is 45.1 cm³/mol. The van der Waals surface area contributed by atoms with Crippen LogP contribution < -0.4 is 5.73 Å². The first kappa shape index (κ1) is 3.70. The standard InChI is InChI=1S/C9H13NO/c1-7(10)9(11)8-5-3-2-4-6-8/h2-7,9,11H,10H2,1H3/i2D,3D,4D,5D,6D. The minimum absolute atomic E-state index is 0.152. The number of aliphatic hydroxyl groups is 1. The van der Waals surface area contributed by atoms with Gasteiger partial charge in [0.05, 0.1) is 13.0 Å². The third-order valence-corrected chi connectivity index (χ3v) is 1.31. The highest BCUT2D eigenvalue weighted by Gasteiger charge is 2.10. The third kappa shape index (κ3) is 2.03. The molecule has 2 atom stereocenters. The number of aliphatic hydroxyl groups excluding tert-OH is 1. The molecule has 0 fully saturated rings. The molecule has 0 heterocycles. The Labute approximate surface area is 73.7 Å². The molecule has 2 nitrogen and oxygen atoms in total. The predicted octanol–water partition coefficient (Wildman–Crippen LogP) is 1.07. The molecule has 0 amide bonds. The molecule has 0 saturated heterocycles. The van der Waals surface area contributed by atoms with Crippen LogP contribution >= 0.6 is 0 Å². The molecular formula is C9H13NO. The van der Waals surface area contributed by atoms with Crippen LogP contribution in [0, 0.1) is 0 Å². The van der Waals surface area contributed by atoms with E-state index in [1.165, 1.54) is 6.92 Å². The van der Waals surface area contributed by atoms with Gasteiger partial charge in [0.25, 0.3) is 0 Å². The monoisotopic (exact) mass is 156 g/mol. The Bertz CT molecular complexity index is 392. The molecule has 2 unspecified atom stereocenters. The molecule has 0 radical (unpaired) electrons. The lowest BCUT2D eigenvalue weighted by Gasteiger charge is -2.13. The van der Waals surface area contributed by atoms with Crippen molar-refractivity contribution in [2.24, 2.45) is 5.73 Å². The van der Waals surface area contributed by atoms with E-state index in [1.54, 1.807) is 0 Å². The van der Waals surface area contributed by atoms with Gasteiger partial charge in [-0.3, -0.25) is 0 Å². The minimum atomic E-state index is -1.27. The number of benzene rings is 1. The molecule has 0 aliphatic rings. The van der Waals surface area contributed by atoms with Crippen molar-refractivity contribution >= 4 is 0 Å². The lowest BCUT2D eigenvalue weighted by atomic mass is 10.0. The lowest BCUT2D eigenvalue weighted by Crippen LogP contribution is -2.24. The van der Waals surface area contributed by atoms with E-state index in [0.717, 1.165) is 0 Å². The zero-order chi connectivity index (χ0) is 12.6. The van der Waals surface area contributed by atoms with Gasteiger partial charge in [0.15, 0.2) is 0 Å². The van der Waals surface area contributed by atoms with Crippen molar-refractivity contribution < 1.29 is 12.0 Å². The van der Waals surface area contributed by atoms with Gasteiger partial charge in [-0.05, 0) is 12.5 Å². The zero-order valence-corrected chi connectivity index (χ0v) is 6.18. The summed E-state index contributed by atoms with van der Waals surface area (Å²) in [5.41, 5.74) is 5.31. The van der Waals surface area contributed by atoms with Crippen molar-refractivity contribution in [1.82, 2.24) is 0 Å². The second-order valence-electron chi connectivity index (χ2n) is 2.34. The third-order valence-electron chi connectivity index (χ3n) is 1.31. The van der Waals surface area contributed by atoms with Crippen LogP contribution in [0.4, 0.5) is 0 Å². The van der Waals surface area contributed by atoms with Gasteiger partial charge in [-0.2, -0.15) is 0 Å². The van der Waals surface area contributed by atoms with Crippen molar-refractivity contribution in [1.29, 1.82) is 0 Å². The largest absolute Gasteiger partial charge is 0.387 e. The molecule has 2 heteroatoms. The summed E-state index contributed by atoms with van der Waals surface area (Å²) in [4.78, 5) is 0. The summed E-state index contributed by atoms with van der Waals surface area (Å²) >= 11 is 0. The average Bonchev–Trinajstić information content (AvgIpc) is 2.23. The van der Waals surface area contributed by atoms with E-state index in [1.807, 2.05) is 0 Å². The highest BCUT2D eigenvalue weighted by molar-refractivity contribution is 5.18. The van der Waals surface area contributed by atoms with Gasteiger partial charge < -0.3 is 10.8 Å². The molecular weight excluding hydrogens is 138 g/mol. The number of hydrogen-bond donors (Lipinski definition) is 2. The maximum atomic E-state index is 9.71. The van der Waals surface area contributed by atoms with E-state index in [4.69, 9.17) is 12.6 Å². The first-order valence-corrected chi connectivity index (χ1v) is 3.29. The number of hydrogen-bond acceptors (Lipinski definition) is 2. The van der Waals surface area contributed by atoms with E-state index in [2.05, 4.69) is 0 Å². The van der Waals surface area contributed by atoms with Crippen LogP contribution in [0.5, 0.6) is 0 Å². The van der Waals surface area contributed by atoms with E-state index < -0.39 is 42.4 Å². The molecule has 60 valence electrons. The molecule has 0 bridgehead atoms. The lowest BCUT2D eigenvalue weighted by molar-refractivity contribution is 0.153. The van der Waals surface area contributed by atoms with Crippen LogP contribution in [-0.4, -0.2) is 11.1 Å². The van der Waals surface area contributed by atoms with Crippen LogP contribution in [0.15, 0.2) is 30.2 Å². The van der Waals surface area contributed by atoms with E-state index in [-0.39, 0.29) is 5.56 Å². The van der Waals surface area contributed by atoms with Gasteiger partial charge in [-0.15, -0.1) is 0 Å². The second-order valence-corrected chi connectivity index (χ2v) is 2.34. The molecule has 0 saturated carbocycles.